The second-order valence-corrected chi connectivity index (χ2v) is 8.26. The number of hydrogen-bond acceptors (Lipinski definition) is 7. The van der Waals surface area contributed by atoms with Crippen molar-refractivity contribution in [2.75, 3.05) is 18.4 Å². The number of nitrogens with zero attached hydrogens (tertiary/aromatic N) is 1. The Hall–Kier alpha value is -2.34. The van der Waals surface area contributed by atoms with Crippen molar-refractivity contribution in [2.24, 2.45) is 0 Å². The maximum atomic E-state index is 12.8. The summed E-state index contributed by atoms with van der Waals surface area (Å²) < 4.78 is 36.2. The van der Waals surface area contributed by atoms with E-state index in [1.54, 1.807) is 30.5 Å². The maximum absolute atomic E-state index is 12.8. The van der Waals surface area contributed by atoms with Crippen molar-refractivity contribution in [3.8, 4) is 17.6 Å². The van der Waals surface area contributed by atoms with Gasteiger partial charge >= 0.3 is 0 Å². The summed E-state index contributed by atoms with van der Waals surface area (Å²) in [6.07, 6.45) is 1.68. The van der Waals surface area contributed by atoms with Gasteiger partial charge in [0.05, 0.1) is 4.90 Å². The number of nitrogens with one attached hydrogen (secondary N) is 1. The van der Waals surface area contributed by atoms with Gasteiger partial charge in [-0.3, -0.25) is 0 Å². The smallest absolute Gasteiger partial charge is 0.231 e. The predicted octanol–water partition coefficient (Wildman–Crippen LogP) is 4.01. The third-order valence-electron chi connectivity index (χ3n) is 3.54. The van der Waals surface area contributed by atoms with Crippen molar-refractivity contribution >= 4 is 38.9 Å². The summed E-state index contributed by atoms with van der Waals surface area (Å²) in [5.41, 5.74) is 0.581. The number of allylic oxidation sites excluding steroid dienone is 1. The molecule has 1 aliphatic rings. The molecule has 0 spiro atoms. The molecule has 9 heteroatoms. The van der Waals surface area contributed by atoms with Gasteiger partial charge in [0.2, 0.25) is 16.6 Å². The monoisotopic (exact) mass is 408 g/mol. The van der Waals surface area contributed by atoms with Crippen LogP contribution in [0.4, 0.5) is 5.69 Å². The fourth-order valence-electron chi connectivity index (χ4n) is 2.27. The predicted molar refractivity (Wildman–Crippen MR) is 101 cm³/mol. The Kier molecular flexibility index (Phi) is 5.32. The van der Waals surface area contributed by atoms with E-state index in [1.807, 2.05) is 0 Å². The number of halogens is 1. The van der Waals surface area contributed by atoms with Crippen LogP contribution in [0.2, 0.25) is 5.02 Å². The van der Waals surface area contributed by atoms with E-state index in [0.29, 0.717) is 22.2 Å². The van der Waals surface area contributed by atoms with Gasteiger partial charge < -0.3 is 14.8 Å². The highest BCUT2D eigenvalue weighted by Crippen LogP contribution is 2.36. The number of benzene rings is 2. The molecule has 134 valence electrons. The summed E-state index contributed by atoms with van der Waals surface area (Å²) in [4.78, 5) is -0.373. The molecule has 3 rings (SSSR count). The quantitative estimate of drug-likeness (QED) is 0.747. The first-order valence-electron chi connectivity index (χ1n) is 7.31. The molecule has 1 aliphatic heterocycles. The summed E-state index contributed by atoms with van der Waals surface area (Å²) >= 11 is 6.93. The Balaban J connectivity index is 2.00. The van der Waals surface area contributed by atoms with E-state index in [0.717, 1.165) is 11.8 Å². The molecule has 0 atom stereocenters. The molecular formula is C17H13ClN2O4S2. The number of nitriles is 1. The van der Waals surface area contributed by atoms with Gasteiger partial charge in [-0.25, -0.2) is 8.42 Å². The summed E-state index contributed by atoms with van der Waals surface area (Å²) in [5, 5.41) is 13.1. The number of sulfone groups is 1. The standard InChI is InChI=1S/C17H13ClN2O4S2/c1-25-17(20-12-4-7-14-15(8-12)24-10-23-14)16(9-19)26(21,22)13-5-2-11(18)3-6-13/h2-8,20H,10H2,1H3/b17-16+. The van der Waals surface area contributed by atoms with Gasteiger partial charge in [0.25, 0.3) is 0 Å². The normalized spacial score (nSPS) is 13.7. The highest BCUT2D eigenvalue weighted by Gasteiger charge is 2.25. The van der Waals surface area contributed by atoms with Crippen LogP contribution in [0.3, 0.4) is 0 Å². The van der Waals surface area contributed by atoms with Crippen LogP contribution < -0.4 is 14.8 Å². The van der Waals surface area contributed by atoms with Gasteiger partial charge in [-0.05, 0) is 42.7 Å². The lowest BCUT2D eigenvalue weighted by Crippen LogP contribution is -2.09. The Morgan fingerprint density at radius 1 is 1.19 bits per heavy atom. The molecule has 26 heavy (non-hydrogen) atoms. The fourth-order valence-corrected chi connectivity index (χ4v) is 4.57. The van der Waals surface area contributed by atoms with E-state index < -0.39 is 9.84 Å². The van der Waals surface area contributed by atoms with Crippen molar-refractivity contribution in [1.82, 2.24) is 0 Å². The van der Waals surface area contributed by atoms with Crippen LogP contribution in [-0.4, -0.2) is 21.5 Å². The second kappa shape index (κ2) is 7.50. The second-order valence-electron chi connectivity index (χ2n) is 5.12. The van der Waals surface area contributed by atoms with E-state index in [2.05, 4.69) is 5.32 Å². The van der Waals surface area contributed by atoms with Gasteiger partial charge in [-0.15, -0.1) is 11.8 Å². The van der Waals surface area contributed by atoms with E-state index in [4.69, 9.17) is 21.1 Å². The lowest BCUT2D eigenvalue weighted by Gasteiger charge is -2.12. The molecule has 1 heterocycles. The topological polar surface area (TPSA) is 88.4 Å². The minimum Gasteiger partial charge on any atom is -0.454 e. The van der Waals surface area contributed by atoms with Crippen molar-refractivity contribution in [3.63, 3.8) is 0 Å². The maximum Gasteiger partial charge on any atom is 0.231 e. The Labute approximate surface area is 160 Å². The van der Waals surface area contributed by atoms with Crippen molar-refractivity contribution in [2.45, 2.75) is 4.90 Å². The van der Waals surface area contributed by atoms with Gasteiger partial charge in [0.1, 0.15) is 11.1 Å². The molecule has 0 saturated heterocycles. The van der Waals surface area contributed by atoms with Gasteiger partial charge in [-0.2, -0.15) is 5.26 Å². The summed E-state index contributed by atoms with van der Waals surface area (Å²) in [6, 6.07) is 12.6. The molecule has 6 nitrogen and oxygen atoms in total. The third kappa shape index (κ3) is 3.60. The molecular weight excluding hydrogens is 396 g/mol. The van der Waals surface area contributed by atoms with Crippen LogP contribution >= 0.6 is 23.4 Å². The van der Waals surface area contributed by atoms with Gasteiger partial charge in [0, 0.05) is 16.8 Å². The summed E-state index contributed by atoms with van der Waals surface area (Å²) in [7, 11) is -3.99. The SMILES string of the molecule is CS/C(Nc1ccc2c(c1)OCO2)=C(\C#N)S(=O)(=O)c1ccc(Cl)cc1. The Morgan fingerprint density at radius 3 is 2.54 bits per heavy atom. The van der Waals surface area contributed by atoms with E-state index >= 15 is 0 Å². The number of hydrogen-bond donors (Lipinski definition) is 1. The van der Waals surface area contributed by atoms with Crippen molar-refractivity contribution in [1.29, 1.82) is 5.26 Å². The molecule has 0 saturated carbocycles. The molecule has 0 aliphatic carbocycles. The Morgan fingerprint density at radius 2 is 1.88 bits per heavy atom. The average molecular weight is 409 g/mol. The highest BCUT2D eigenvalue weighted by atomic mass is 35.5. The lowest BCUT2D eigenvalue weighted by molar-refractivity contribution is 0.174. The van der Waals surface area contributed by atoms with Crippen molar-refractivity contribution < 1.29 is 17.9 Å². The summed E-state index contributed by atoms with van der Waals surface area (Å²) in [5.74, 6) is 1.16. The lowest BCUT2D eigenvalue weighted by atomic mass is 10.3. The van der Waals surface area contributed by atoms with E-state index in [-0.39, 0.29) is 21.6 Å². The van der Waals surface area contributed by atoms with E-state index in [1.165, 1.54) is 24.3 Å². The van der Waals surface area contributed by atoms with Crippen LogP contribution in [0.5, 0.6) is 11.5 Å². The van der Waals surface area contributed by atoms with Crippen LogP contribution in [0.25, 0.3) is 0 Å². The molecule has 0 radical (unpaired) electrons. The number of anilines is 1. The van der Waals surface area contributed by atoms with Crippen molar-refractivity contribution in [3.05, 3.63) is 57.4 Å². The van der Waals surface area contributed by atoms with E-state index in [9.17, 15) is 13.7 Å². The van der Waals surface area contributed by atoms with Crippen LogP contribution in [0.15, 0.2) is 57.3 Å². The Bertz CT molecular complexity index is 1010. The minimum absolute atomic E-state index is 0.00233. The largest absolute Gasteiger partial charge is 0.454 e. The van der Waals surface area contributed by atoms with Crippen LogP contribution in [-0.2, 0) is 9.84 Å². The third-order valence-corrected chi connectivity index (χ3v) is 6.36. The molecule has 0 aromatic heterocycles. The molecule has 2 aromatic carbocycles. The molecule has 1 N–H and O–H groups in total. The zero-order chi connectivity index (χ0) is 18.7. The fraction of sp³-hybridized carbons (Fsp3) is 0.118. The number of rotatable bonds is 5. The first-order valence-corrected chi connectivity index (χ1v) is 10.4. The zero-order valence-corrected chi connectivity index (χ0v) is 15.9. The van der Waals surface area contributed by atoms with Gasteiger partial charge in [0.15, 0.2) is 16.4 Å². The van der Waals surface area contributed by atoms with Crippen LogP contribution in [0.1, 0.15) is 0 Å². The molecule has 0 amide bonds. The molecule has 0 unspecified atom stereocenters. The summed E-state index contributed by atoms with van der Waals surface area (Å²) in [6.45, 7) is 0.137. The van der Waals surface area contributed by atoms with Crippen LogP contribution in [0, 0.1) is 11.3 Å². The molecule has 0 fully saturated rings. The molecule has 0 bridgehead atoms. The average Bonchev–Trinajstić information content (AvgIpc) is 3.09. The first-order chi connectivity index (χ1) is 12.5. The zero-order valence-electron chi connectivity index (χ0n) is 13.5. The number of fused-ring (bicyclic) bond motifs is 1. The number of ether oxygens (including phenoxy) is 2. The first kappa shape index (κ1) is 18.5. The minimum atomic E-state index is -3.99. The molecule has 2 aromatic rings. The highest BCUT2D eigenvalue weighted by molar-refractivity contribution is 8.04. The van der Waals surface area contributed by atoms with Gasteiger partial charge in [-0.1, -0.05) is 11.6 Å². The number of thioether (sulfide) groups is 1.